The van der Waals surface area contributed by atoms with Gasteiger partial charge >= 0.3 is 0 Å². The highest BCUT2D eigenvalue weighted by Gasteiger charge is 2.17. The molecule has 1 aromatic rings. The van der Waals surface area contributed by atoms with Crippen molar-refractivity contribution in [3.63, 3.8) is 0 Å². The fourth-order valence-corrected chi connectivity index (χ4v) is 2.49. The van der Waals surface area contributed by atoms with Gasteiger partial charge in [0, 0.05) is 22.7 Å². The number of halogens is 1. The van der Waals surface area contributed by atoms with E-state index in [1.54, 1.807) is 0 Å². The number of hydrogen-bond donors (Lipinski definition) is 0. The Balaban J connectivity index is 2.09. The fraction of sp³-hybridized carbons (Fsp3) is 0.600. The van der Waals surface area contributed by atoms with Gasteiger partial charge in [-0.15, -0.1) is 0 Å². The normalized spacial score (nSPS) is 14.6. The van der Waals surface area contributed by atoms with Crippen LogP contribution in [0.1, 0.15) is 31.4 Å². The molecule has 1 aromatic carbocycles. The standard InChI is InChI=1S/C15H22ClNO2/c1-11(2)4-5-17(3)8-12-6-14(16)7-13-9-18-10-19-15(12)13/h6-7,11H,4-5,8-10H2,1-3H3. The van der Waals surface area contributed by atoms with E-state index in [9.17, 15) is 0 Å². The van der Waals surface area contributed by atoms with Gasteiger partial charge in [-0.25, -0.2) is 0 Å². The molecule has 1 aliphatic heterocycles. The van der Waals surface area contributed by atoms with Crippen LogP contribution in [0, 0.1) is 5.92 Å². The molecule has 0 aliphatic carbocycles. The van der Waals surface area contributed by atoms with Gasteiger partial charge in [0.05, 0.1) is 6.61 Å². The second kappa shape index (κ2) is 6.60. The molecule has 1 heterocycles. The molecular weight excluding hydrogens is 262 g/mol. The Morgan fingerprint density at radius 2 is 2.16 bits per heavy atom. The number of ether oxygens (including phenoxy) is 2. The highest BCUT2D eigenvalue weighted by atomic mass is 35.5. The topological polar surface area (TPSA) is 21.7 Å². The van der Waals surface area contributed by atoms with Crippen LogP contribution in [0.15, 0.2) is 12.1 Å². The van der Waals surface area contributed by atoms with Gasteiger partial charge in [-0.1, -0.05) is 25.4 Å². The van der Waals surface area contributed by atoms with Crippen LogP contribution in [0.2, 0.25) is 5.02 Å². The third-order valence-corrected chi connectivity index (χ3v) is 3.50. The van der Waals surface area contributed by atoms with Crippen molar-refractivity contribution in [3.05, 3.63) is 28.3 Å². The van der Waals surface area contributed by atoms with Crippen molar-refractivity contribution in [2.45, 2.75) is 33.4 Å². The van der Waals surface area contributed by atoms with Crippen LogP contribution < -0.4 is 4.74 Å². The number of rotatable bonds is 5. The first-order valence-electron chi connectivity index (χ1n) is 6.76. The molecule has 0 saturated heterocycles. The molecule has 0 atom stereocenters. The minimum absolute atomic E-state index is 0.331. The van der Waals surface area contributed by atoms with E-state index in [4.69, 9.17) is 21.1 Å². The molecule has 1 aliphatic rings. The Kier molecular flexibility index (Phi) is 5.08. The van der Waals surface area contributed by atoms with Gasteiger partial charge in [-0.05, 0) is 38.1 Å². The Hall–Kier alpha value is -0.770. The summed E-state index contributed by atoms with van der Waals surface area (Å²) in [5.74, 6) is 1.67. The third kappa shape index (κ3) is 4.10. The van der Waals surface area contributed by atoms with E-state index in [2.05, 4.69) is 25.8 Å². The Morgan fingerprint density at radius 1 is 1.37 bits per heavy atom. The zero-order valence-electron chi connectivity index (χ0n) is 11.9. The van der Waals surface area contributed by atoms with E-state index in [0.29, 0.717) is 13.4 Å². The van der Waals surface area contributed by atoms with Crippen LogP contribution in [0.4, 0.5) is 0 Å². The van der Waals surface area contributed by atoms with Crippen LogP contribution in [0.5, 0.6) is 5.75 Å². The number of fused-ring (bicyclic) bond motifs is 1. The average Bonchev–Trinajstić information content (AvgIpc) is 2.36. The van der Waals surface area contributed by atoms with Crippen molar-refractivity contribution in [3.8, 4) is 5.75 Å². The zero-order valence-corrected chi connectivity index (χ0v) is 12.7. The highest BCUT2D eigenvalue weighted by molar-refractivity contribution is 6.30. The van der Waals surface area contributed by atoms with E-state index in [0.717, 1.165) is 40.9 Å². The lowest BCUT2D eigenvalue weighted by atomic mass is 10.1. The summed E-state index contributed by atoms with van der Waals surface area (Å²) in [6.07, 6.45) is 1.20. The molecule has 2 rings (SSSR count). The maximum absolute atomic E-state index is 6.16. The van der Waals surface area contributed by atoms with Gasteiger partial charge in [0.25, 0.3) is 0 Å². The molecule has 0 unspecified atom stereocenters. The molecule has 3 nitrogen and oxygen atoms in total. The van der Waals surface area contributed by atoms with Crippen molar-refractivity contribution < 1.29 is 9.47 Å². The molecule has 0 saturated carbocycles. The summed E-state index contributed by atoms with van der Waals surface area (Å²) >= 11 is 6.16. The predicted molar refractivity (Wildman–Crippen MR) is 77.5 cm³/mol. The molecular formula is C15H22ClNO2. The first-order chi connectivity index (χ1) is 9.06. The third-order valence-electron chi connectivity index (χ3n) is 3.28. The molecule has 19 heavy (non-hydrogen) atoms. The van der Waals surface area contributed by atoms with Crippen LogP contribution >= 0.6 is 11.6 Å². The van der Waals surface area contributed by atoms with E-state index < -0.39 is 0 Å². The van der Waals surface area contributed by atoms with Gasteiger partial charge in [0.2, 0.25) is 0 Å². The Bertz CT molecular complexity index is 434. The lowest BCUT2D eigenvalue weighted by Gasteiger charge is -2.24. The van der Waals surface area contributed by atoms with Crippen LogP contribution in [0.25, 0.3) is 0 Å². The van der Waals surface area contributed by atoms with Crippen LogP contribution in [-0.4, -0.2) is 25.3 Å². The molecule has 106 valence electrons. The molecule has 0 radical (unpaired) electrons. The van der Waals surface area contributed by atoms with Gasteiger partial charge in [-0.3, -0.25) is 0 Å². The summed E-state index contributed by atoms with van der Waals surface area (Å²) in [4.78, 5) is 2.31. The Morgan fingerprint density at radius 3 is 2.89 bits per heavy atom. The first-order valence-corrected chi connectivity index (χ1v) is 7.14. The smallest absolute Gasteiger partial charge is 0.189 e. The fourth-order valence-electron chi connectivity index (χ4n) is 2.22. The van der Waals surface area contributed by atoms with E-state index >= 15 is 0 Å². The van der Waals surface area contributed by atoms with Crippen LogP contribution in [-0.2, 0) is 17.9 Å². The number of nitrogens with zero attached hydrogens (tertiary/aromatic N) is 1. The minimum atomic E-state index is 0.331. The van der Waals surface area contributed by atoms with E-state index in [1.807, 2.05) is 12.1 Å². The monoisotopic (exact) mass is 283 g/mol. The second-order valence-corrected chi connectivity index (χ2v) is 6.02. The molecule has 0 aromatic heterocycles. The lowest BCUT2D eigenvalue weighted by Crippen LogP contribution is -2.22. The van der Waals surface area contributed by atoms with Gasteiger partial charge in [0.1, 0.15) is 5.75 Å². The molecule has 0 amide bonds. The second-order valence-electron chi connectivity index (χ2n) is 5.58. The van der Waals surface area contributed by atoms with Crippen molar-refractivity contribution in [2.24, 2.45) is 5.92 Å². The van der Waals surface area contributed by atoms with Crippen molar-refractivity contribution in [1.82, 2.24) is 4.90 Å². The van der Waals surface area contributed by atoms with Gasteiger partial charge < -0.3 is 14.4 Å². The molecule has 4 heteroatoms. The van der Waals surface area contributed by atoms with Crippen molar-refractivity contribution in [1.29, 1.82) is 0 Å². The minimum Gasteiger partial charge on any atom is -0.467 e. The quantitative estimate of drug-likeness (QED) is 0.823. The largest absolute Gasteiger partial charge is 0.467 e. The molecule has 0 spiro atoms. The SMILES string of the molecule is CC(C)CCN(C)Cc1cc(Cl)cc2c1OCOC2. The van der Waals surface area contributed by atoms with Crippen molar-refractivity contribution >= 4 is 11.6 Å². The van der Waals surface area contributed by atoms with Crippen LogP contribution in [0.3, 0.4) is 0 Å². The summed E-state index contributed by atoms with van der Waals surface area (Å²) in [7, 11) is 2.13. The molecule has 0 fully saturated rings. The van der Waals surface area contributed by atoms with Gasteiger partial charge in [0.15, 0.2) is 6.79 Å². The first kappa shape index (κ1) is 14.6. The molecule has 0 N–H and O–H groups in total. The molecule has 0 bridgehead atoms. The summed E-state index contributed by atoms with van der Waals surface area (Å²) in [5.41, 5.74) is 2.20. The van der Waals surface area contributed by atoms with Crippen molar-refractivity contribution in [2.75, 3.05) is 20.4 Å². The summed E-state index contributed by atoms with van der Waals surface area (Å²) < 4.78 is 10.9. The summed E-state index contributed by atoms with van der Waals surface area (Å²) in [6, 6.07) is 3.92. The number of hydrogen-bond acceptors (Lipinski definition) is 3. The van der Waals surface area contributed by atoms with Gasteiger partial charge in [-0.2, -0.15) is 0 Å². The highest BCUT2D eigenvalue weighted by Crippen LogP contribution is 2.32. The van der Waals surface area contributed by atoms with E-state index in [1.165, 1.54) is 6.42 Å². The maximum Gasteiger partial charge on any atom is 0.189 e. The summed E-state index contributed by atoms with van der Waals surface area (Å²) in [5, 5.41) is 0.750. The zero-order chi connectivity index (χ0) is 13.8. The predicted octanol–water partition coefficient (Wildman–Crippen LogP) is 3.68. The Labute approximate surface area is 120 Å². The van der Waals surface area contributed by atoms with E-state index in [-0.39, 0.29) is 0 Å². The average molecular weight is 284 g/mol. The lowest BCUT2D eigenvalue weighted by molar-refractivity contribution is -0.0174. The number of benzene rings is 1. The summed E-state index contributed by atoms with van der Waals surface area (Å²) in [6.45, 7) is 7.34. The maximum atomic E-state index is 6.16.